The highest BCUT2D eigenvalue weighted by atomic mass is 35.5. The Balaban J connectivity index is 1.78. The number of piperazine rings is 1. The van der Waals surface area contributed by atoms with Crippen LogP contribution < -0.4 is 4.90 Å². The molecular weight excluding hydrogens is 422 g/mol. The number of aryl methyl sites for hydroxylation is 1. The van der Waals surface area contributed by atoms with Crippen molar-refractivity contribution in [2.75, 3.05) is 44.2 Å². The monoisotopic (exact) mass is 449 g/mol. The molecule has 1 heterocycles. The van der Waals surface area contributed by atoms with Crippen LogP contribution in [0.3, 0.4) is 0 Å². The third-order valence-corrected chi connectivity index (χ3v) is 8.03. The first-order valence-electron chi connectivity index (χ1n) is 10.2. The van der Waals surface area contributed by atoms with Gasteiger partial charge in [-0.3, -0.25) is 4.79 Å². The fraction of sp³-hybridized carbons (Fsp3) is 0.409. The number of rotatable bonds is 6. The fourth-order valence-corrected chi connectivity index (χ4v) is 5.72. The second-order valence-electron chi connectivity index (χ2n) is 7.30. The van der Waals surface area contributed by atoms with Crippen LogP contribution in [-0.2, 0) is 10.0 Å². The summed E-state index contributed by atoms with van der Waals surface area (Å²) >= 11 is 6.29. The van der Waals surface area contributed by atoms with Gasteiger partial charge in [0.1, 0.15) is 0 Å². The molecule has 162 valence electrons. The molecule has 1 fully saturated rings. The van der Waals surface area contributed by atoms with Gasteiger partial charge in [-0.25, -0.2) is 8.42 Å². The van der Waals surface area contributed by atoms with Crippen LogP contribution >= 0.6 is 11.6 Å². The Kier molecular flexibility index (Phi) is 7.06. The van der Waals surface area contributed by atoms with Crippen LogP contribution in [0, 0.1) is 6.92 Å². The average molecular weight is 450 g/mol. The van der Waals surface area contributed by atoms with Crippen molar-refractivity contribution in [3.63, 3.8) is 0 Å². The number of para-hydroxylation sites is 1. The minimum absolute atomic E-state index is 0.148. The van der Waals surface area contributed by atoms with Gasteiger partial charge in [-0.05, 0) is 36.8 Å². The zero-order valence-electron chi connectivity index (χ0n) is 17.6. The Morgan fingerprint density at radius 1 is 1.03 bits per heavy atom. The van der Waals surface area contributed by atoms with Crippen LogP contribution in [0.15, 0.2) is 47.4 Å². The molecular formula is C22H28ClN3O3S. The maximum absolute atomic E-state index is 13.1. The highest BCUT2D eigenvalue weighted by Gasteiger charge is 2.27. The molecule has 0 spiro atoms. The number of carbonyl (C=O) groups is 1. The maximum Gasteiger partial charge on any atom is 0.254 e. The summed E-state index contributed by atoms with van der Waals surface area (Å²) in [4.78, 5) is 17.2. The molecule has 1 saturated heterocycles. The van der Waals surface area contributed by atoms with Crippen LogP contribution in [0.2, 0.25) is 5.02 Å². The molecule has 0 aromatic heterocycles. The lowest BCUT2D eigenvalue weighted by Crippen LogP contribution is -2.49. The molecule has 8 heteroatoms. The summed E-state index contributed by atoms with van der Waals surface area (Å²) in [5, 5.41) is 0.696. The summed E-state index contributed by atoms with van der Waals surface area (Å²) in [6, 6.07) is 12.6. The summed E-state index contributed by atoms with van der Waals surface area (Å²) < 4.78 is 27.4. The fourth-order valence-electron chi connectivity index (χ4n) is 3.75. The van der Waals surface area contributed by atoms with E-state index in [9.17, 15) is 13.2 Å². The van der Waals surface area contributed by atoms with E-state index in [4.69, 9.17) is 11.6 Å². The average Bonchev–Trinajstić information content (AvgIpc) is 2.74. The molecule has 2 aromatic carbocycles. The van der Waals surface area contributed by atoms with Crippen LogP contribution in [0.25, 0.3) is 0 Å². The number of nitrogens with zero attached hydrogens (tertiary/aromatic N) is 3. The number of amides is 1. The Morgan fingerprint density at radius 3 is 2.27 bits per heavy atom. The first kappa shape index (κ1) is 22.6. The van der Waals surface area contributed by atoms with E-state index in [-0.39, 0.29) is 10.8 Å². The number of sulfonamides is 1. The summed E-state index contributed by atoms with van der Waals surface area (Å²) in [6.45, 7) is 8.60. The minimum atomic E-state index is -3.63. The zero-order chi connectivity index (χ0) is 21.9. The standard InChI is InChI=1S/C22H28ClN3O3S/c1-4-26(5-2)30(28,29)21-16-18(11-10-17(21)3)22(27)25-14-12-24(13-15-25)20-9-7-6-8-19(20)23/h6-11,16H,4-5,12-15H2,1-3H3. The molecule has 1 amide bonds. The first-order valence-corrected chi connectivity index (χ1v) is 12.0. The molecule has 0 saturated carbocycles. The van der Waals surface area contributed by atoms with Gasteiger partial charge in [0.2, 0.25) is 10.0 Å². The topological polar surface area (TPSA) is 60.9 Å². The highest BCUT2D eigenvalue weighted by molar-refractivity contribution is 7.89. The predicted molar refractivity (Wildman–Crippen MR) is 121 cm³/mol. The van der Waals surface area contributed by atoms with E-state index in [0.717, 1.165) is 5.69 Å². The third-order valence-electron chi connectivity index (χ3n) is 5.52. The van der Waals surface area contributed by atoms with Gasteiger partial charge >= 0.3 is 0 Å². The first-order chi connectivity index (χ1) is 14.3. The quantitative estimate of drug-likeness (QED) is 0.675. The minimum Gasteiger partial charge on any atom is -0.367 e. The Hall–Kier alpha value is -2.09. The van der Waals surface area contributed by atoms with E-state index in [2.05, 4.69) is 4.90 Å². The molecule has 0 atom stereocenters. The zero-order valence-corrected chi connectivity index (χ0v) is 19.2. The molecule has 1 aliphatic rings. The predicted octanol–water partition coefficient (Wildman–Crippen LogP) is 3.64. The molecule has 3 rings (SSSR count). The maximum atomic E-state index is 13.1. The molecule has 6 nitrogen and oxygen atoms in total. The van der Waals surface area contributed by atoms with Crippen LogP contribution in [0.5, 0.6) is 0 Å². The molecule has 0 unspecified atom stereocenters. The normalized spacial score (nSPS) is 15.0. The molecule has 0 bridgehead atoms. The summed E-state index contributed by atoms with van der Waals surface area (Å²) in [7, 11) is -3.63. The Morgan fingerprint density at radius 2 is 1.67 bits per heavy atom. The Bertz CT molecular complexity index is 1010. The van der Waals surface area contributed by atoms with Crippen molar-refractivity contribution < 1.29 is 13.2 Å². The molecule has 0 N–H and O–H groups in total. The molecule has 1 aliphatic heterocycles. The van der Waals surface area contributed by atoms with Crippen molar-refractivity contribution in [3.05, 3.63) is 58.6 Å². The van der Waals surface area contributed by atoms with Crippen LogP contribution in [0.4, 0.5) is 5.69 Å². The van der Waals surface area contributed by atoms with E-state index in [1.807, 2.05) is 38.1 Å². The van der Waals surface area contributed by atoms with Crippen LogP contribution in [-0.4, -0.2) is 62.8 Å². The number of halogens is 1. The van der Waals surface area contributed by atoms with E-state index < -0.39 is 10.0 Å². The number of anilines is 1. The van der Waals surface area contributed by atoms with E-state index >= 15 is 0 Å². The van der Waals surface area contributed by atoms with Gasteiger partial charge < -0.3 is 9.80 Å². The summed E-state index contributed by atoms with van der Waals surface area (Å²) in [5.41, 5.74) is 2.01. The SMILES string of the molecule is CCN(CC)S(=O)(=O)c1cc(C(=O)N2CCN(c3ccccc3Cl)CC2)ccc1C. The van der Waals surface area contributed by atoms with Crippen LogP contribution in [0.1, 0.15) is 29.8 Å². The summed E-state index contributed by atoms with van der Waals surface area (Å²) in [6.07, 6.45) is 0. The van der Waals surface area contributed by atoms with Crippen molar-refractivity contribution >= 4 is 33.2 Å². The third kappa shape index (κ3) is 4.48. The van der Waals surface area contributed by atoms with Gasteiger partial charge in [0.25, 0.3) is 5.91 Å². The van der Waals surface area contributed by atoms with Gasteiger partial charge in [0, 0.05) is 44.8 Å². The molecule has 30 heavy (non-hydrogen) atoms. The lowest BCUT2D eigenvalue weighted by Gasteiger charge is -2.36. The lowest BCUT2D eigenvalue weighted by molar-refractivity contribution is 0.0746. The van der Waals surface area contributed by atoms with Gasteiger partial charge in [0.05, 0.1) is 15.6 Å². The second kappa shape index (κ2) is 9.37. The van der Waals surface area contributed by atoms with E-state index in [1.54, 1.807) is 24.0 Å². The number of benzene rings is 2. The van der Waals surface area contributed by atoms with E-state index in [1.165, 1.54) is 10.4 Å². The Labute approximate surface area is 184 Å². The molecule has 0 aliphatic carbocycles. The summed E-state index contributed by atoms with van der Waals surface area (Å²) in [5.74, 6) is -0.148. The van der Waals surface area contributed by atoms with Gasteiger partial charge in [-0.15, -0.1) is 0 Å². The smallest absolute Gasteiger partial charge is 0.254 e. The van der Waals surface area contributed by atoms with Crippen molar-refractivity contribution in [2.24, 2.45) is 0 Å². The van der Waals surface area contributed by atoms with Crippen molar-refractivity contribution in [1.29, 1.82) is 0 Å². The van der Waals surface area contributed by atoms with Gasteiger partial charge in [0.15, 0.2) is 0 Å². The number of hydrogen-bond acceptors (Lipinski definition) is 4. The van der Waals surface area contributed by atoms with Crippen molar-refractivity contribution in [3.8, 4) is 0 Å². The second-order valence-corrected chi connectivity index (χ2v) is 9.61. The highest BCUT2D eigenvalue weighted by Crippen LogP contribution is 2.27. The number of carbonyl (C=O) groups excluding carboxylic acids is 1. The lowest BCUT2D eigenvalue weighted by atomic mass is 10.1. The largest absolute Gasteiger partial charge is 0.367 e. The van der Waals surface area contributed by atoms with Crippen molar-refractivity contribution in [2.45, 2.75) is 25.7 Å². The molecule has 0 radical (unpaired) electrons. The van der Waals surface area contributed by atoms with E-state index in [0.29, 0.717) is 55.4 Å². The molecule has 2 aromatic rings. The van der Waals surface area contributed by atoms with Gasteiger partial charge in [-0.1, -0.05) is 43.6 Å². The number of hydrogen-bond donors (Lipinski definition) is 0. The van der Waals surface area contributed by atoms with Gasteiger partial charge in [-0.2, -0.15) is 4.31 Å². The van der Waals surface area contributed by atoms with Crippen molar-refractivity contribution in [1.82, 2.24) is 9.21 Å².